The zero-order valence-electron chi connectivity index (χ0n) is 16.6. The number of carbonyl (C=O) groups excluding carboxylic acids is 2. The Morgan fingerprint density at radius 2 is 2.06 bits per heavy atom. The van der Waals surface area contributed by atoms with Gasteiger partial charge >= 0.3 is 5.97 Å². The summed E-state index contributed by atoms with van der Waals surface area (Å²) in [7, 11) is 1.51. The van der Waals surface area contributed by atoms with Crippen LogP contribution in [0.5, 0.6) is 5.75 Å². The smallest absolute Gasteiger partial charge is 0.358 e. The second-order valence-electron chi connectivity index (χ2n) is 6.48. The quantitative estimate of drug-likeness (QED) is 0.310. The fourth-order valence-corrected chi connectivity index (χ4v) is 3.71. The Morgan fingerprint density at radius 1 is 1.23 bits per heavy atom. The molecule has 0 saturated heterocycles. The maximum atomic E-state index is 12.4. The van der Waals surface area contributed by atoms with Crippen LogP contribution in [-0.2, 0) is 9.53 Å². The number of amides is 1. The predicted octanol–water partition coefficient (Wildman–Crippen LogP) is 4.44. The molecule has 0 aliphatic rings. The lowest BCUT2D eigenvalue weighted by molar-refractivity contribution is -0.119. The number of rotatable bonds is 8. The molecule has 2 aromatic heterocycles. The van der Waals surface area contributed by atoms with Gasteiger partial charge in [-0.25, -0.2) is 9.78 Å². The van der Waals surface area contributed by atoms with E-state index in [1.54, 1.807) is 23.6 Å². The molecule has 9 heteroatoms. The van der Waals surface area contributed by atoms with Gasteiger partial charge in [0.05, 0.1) is 12.8 Å². The van der Waals surface area contributed by atoms with E-state index in [9.17, 15) is 9.59 Å². The Balaban J connectivity index is 1.44. The molecule has 0 atom stereocenters. The number of thiazole rings is 1. The second-order valence-corrected chi connectivity index (χ2v) is 7.34. The van der Waals surface area contributed by atoms with Crippen LogP contribution in [0, 0.1) is 0 Å². The van der Waals surface area contributed by atoms with Gasteiger partial charge < -0.3 is 24.5 Å². The molecule has 0 unspecified atom stereocenters. The SMILES string of the molecule is C=CCNc1nc(C(=O)OCC(=O)Nc2cc3oc4ccccc4c3cc2OC)cs1. The predicted molar refractivity (Wildman–Crippen MR) is 120 cm³/mol. The highest BCUT2D eigenvalue weighted by Crippen LogP contribution is 2.36. The summed E-state index contributed by atoms with van der Waals surface area (Å²) in [5, 5.41) is 9.64. The summed E-state index contributed by atoms with van der Waals surface area (Å²) < 4.78 is 16.3. The number of aromatic nitrogens is 1. The third kappa shape index (κ3) is 4.36. The van der Waals surface area contributed by atoms with Crippen molar-refractivity contribution < 1.29 is 23.5 Å². The average molecular weight is 437 g/mol. The van der Waals surface area contributed by atoms with Gasteiger partial charge in [0.2, 0.25) is 0 Å². The highest BCUT2D eigenvalue weighted by molar-refractivity contribution is 7.13. The molecule has 2 N–H and O–H groups in total. The van der Waals surface area contributed by atoms with E-state index in [1.165, 1.54) is 18.4 Å². The maximum Gasteiger partial charge on any atom is 0.358 e. The van der Waals surface area contributed by atoms with E-state index in [2.05, 4.69) is 22.2 Å². The summed E-state index contributed by atoms with van der Waals surface area (Å²) in [5.74, 6) is -0.726. The maximum absolute atomic E-state index is 12.4. The van der Waals surface area contributed by atoms with Crippen molar-refractivity contribution in [2.24, 2.45) is 0 Å². The number of nitrogens with one attached hydrogen (secondary N) is 2. The Bertz CT molecular complexity index is 1280. The van der Waals surface area contributed by atoms with Gasteiger partial charge in [-0.05, 0) is 12.1 Å². The lowest BCUT2D eigenvalue weighted by Gasteiger charge is -2.10. The van der Waals surface area contributed by atoms with E-state index < -0.39 is 18.5 Å². The summed E-state index contributed by atoms with van der Waals surface area (Å²) in [6.45, 7) is 3.67. The molecule has 2 aromatic carbocycles. The van der Waals surface area contributed by atoms with Gasteiger partial charge in [-0.1, -0.05) is 24.3 Å². The lowest BCUT2D eigenvalue weighted by Crippen LogP contribution is -2.21. The number of hydrogen-bond donors (Lipinski definition) is 2. The summed E-state index contributed by atoms with van der Waals surface area (Å²) in [6, 6.07) is 11.1. The number of furan rings is 1. The molecule has 8 nitrogen and oxygen atoms in total. The number of methoxy groups -OCH3 is 1. The lowest BCUT2D eigenvalue weighted by atomic mass is 10.1. The van der Waals surface area contributed by atoms with Gasteiger partial charge in [0.15, 0.2) is 17.4 Å². The Labute approximate surface area is 181 Å². The zero-order chi connectivity index (χ0) is 21.8. The van der Waals surface area contributed by atoms with Crippen LogP contribution < -0.4 is 15.4 Å². The first-order valence-corrected chi connectivity index (χ1v) is 10.2. The topological polar surface area (TPSA) is 103 Å². The molecule has 0 bridgehead atoms. The Morgan fingerprint density at radius 3 is 2.87 bits per heavy atom. The molecule has 4 rings (SSSR count). The molecular formula is C22H19N3O5S. The first kappa shape index (κ1) is 20.4. The number of fused-ring (bicyclic) bond motifs is 3. The normalized spacial score (nSPS) is 10.7. The van der Waals surface area contributed by atoms with E-state index in [-0.39, 0.29) is 5.69 Å². The molecular weight excluding hydrogens is 418 g/mol. The van der Waals surface area contributed by atoms with Crippen molar-refractivity contribution in [3.8, 4) is 5.75 Å². The number of benzene rings is 2. The molecule has 31 heavy (non-hydrogen) atoms. The number of anilines is 2. The van der Waals surface area contributed by atoms with Crippen molar-refractivity contribution >= 4 is 56.0 Å². The van der Waals surface area contributed by atoms with Crippen LogP contribution in [0.25, 0.3) is 21.9 Å². The van der Waals surface area contributed by atoms with Crippen molar-refractivity contribution in [3.05, 3.63) is 60.1 Å². The van der Waals surface area contributed by atoms with Crippen LogP contribution in [0.3, 0.4) is 0 Å². The van der Waals surface area contributed by atoms with Crippen LogP contribution in [0.4, 0.5) is 10.8 Å². The van der Waals surface area contributed by atoms with Crippen LogP contribution in [0.1, 0.15) is 10.5 Å². The van der Waals surface area contributed by atoms with E-state index >= 15 is 0 Å². The highest BCUT2D eigenvalue weighted by atomic mass is 32.1. The first-order chi connectivity index (χ1) is 15.1. The zero-order valence-corrected chi connectivity index (χ0v) is 17.5. The molecule has 158 valence electrons. The molecule has 2 heterocycles. The third-order valence-electron chi connectivity index (χ3n) is 4.42. The monoisotopic (exact) mass is 437 g/mol. The highest BCUT2D eigenvalue weighted by Gasteiger charge is 2.17. The summed E-state index contributed by atoms with van der Waals surface area (Å²) in [6.07, 6.45) is 1.68. The molecule has 0 aliphatic heterocycles. The van der Waals surface area contributed by atoms with Gasteiger partial charge in [0, 0.05) is 28.8 Å². The summed E-state index contributed by atoms with van der Waals surface area (Å²) >= 11 is 1.26. The van der Waals surface area contributed by atoms with Crippen molar-refractivity contribution in [1.29, 1.82) is 0 Å². The van der Waals surface area contributed by atoms with Crippen LogP contribution in [-0.4, -0.2) is 37.1 Å². The Kier molecular flexibility index (Phi) is 5.85. The Hall–Kier alpha value is -3.85. The molecule has 0 saturated carbocycles. The van der Waals surface area contributed by atoms with E-state index in [0.29, 0.717) is 28.7 Å². The number of para-hydroxylation sites is 1. The van der Waals surface area contributed by atoms with Crippen LogP contribution in [0.2, 0.25) is 0 Å². The van der Waals surface area contributed by atoms with Gasteiger partial charge in [-0.2, -0.15) is 0 Å². The number of carbonyl (C=O) groups is 2. The minimum absolute atomic E-state index is 0.130. The number of hydrogen-bond acceptors (Lipinski definition) is 8. The summed E-state index contributed by atoms with van der Waals surface area (Å²) in [5.41, 5.74) is 1.89. The number of ether oxygens (including phenoxy) is 2. The van der Waals surface area contributed by atoms with Crippen LogP contribution >= 0.6 is 11.3 Å². The van der Waals surface area contributed by atoms with E-state index in [1.807, 2.05) is 24.3 Å². The standard InChI is InChI=1S/C22H19N3O5S/c1-3-8-23-22-25-16(12-31-22)21(27)29-11-20(26)24-15-10-18-14(9-19(15)28-2)13-6-4-5-7-17(13)30-18/h3-7,9-10,12H,1,8,11H2,2H3,(H,23,25)(H,24,26). The molecule has 4 aromatic rings. The first-order valence-electron chi connectivity index (χ1n) is 9.35. The molecule has 0 radical (unpaired) electrons. The average Bonchev–Trinajstić information content (AvgIpc) is 3.39. The van der Waals surface area contributed by atoms with Gasteiger partial charge in [0.1, 0.15) is 16.9 Å². The molecule has 0 fully saturated rings. The molecule has 1 amide bonds. The fourth-order valence-electron chi connectivity index (χ4n) is 3.02. The van der Waals surface area contributed by atoms with Crippen molar-refractivity contribution in [3.63, 3.8) is 0 Å². The van der Waals surface area contributed by atoms with Crippen molar-refractivity contribution in [2.45, 2.75) is 0 Å². The summed E-state index contributed by atoms with van der Waals surface area (Å²) in [4.78, 5) is 28.6. The molecule has 0 aliphatic carbocycles. The van der Waals surface area contributed by atoms with E-state index in [0.717, 1.165) is 16.4 Å². The van der Waals surface area contributed by atoms with Crippen molar-refractivity contribution in [2.75, 3.05) is 30.9 Å². The molecule has 0 spiro atoms. The third-order valence-corrected chi connectivity index (χ3v) is 5.22. The fraction of sp³-hybridized carbons (Fsp3) is 0.136. The largest absolute Gasteiger partial charge is 0.495 e. The van der Waals surface area contributed by atoms with Crippen molar-refractivity contribution in [1.82, 2.24) is 4.98 Å². The number of esters is 1. The van der Waals surface area contributed by atoms with Gasteiger partial charge in [-0.3, -0.25) is 4.79 Å². The van der Waals surface area contributed by atoms with E-state index in [4.69, 9.17) is 13.9 Å². The van der Waals surface area contributed by atoms with Gasteiger partial charge in [0.25, 0.3) is 5.91 Å². The van der Waals surface area contributed by atoms with Crippen LogP contribution in [0.15, 0.2) is 58.9 Å². The van der Waals surface area contributed by atoms with Gasteiger partial charge in [-0.15, -0.1) is 17.9 Å². The minimum Gasteiger partial charge on any atom is -0.495 e. The number of nitrogens with zero attached hydrogens (tertiary/aromatic N) is 1. The minimum atomic E-state index is -0.683. The second kappa shape index (κ2) is 8.88.